The number of carbonyl (C=O) groups excluding carboxylic acids is 2. The highest BCUT2D eigenvalue weighted by Crippen LogP contribution is 2.38. The molecule has 0 fully saturated rings. The molecule has 4 rings (SSSR count). The lowest BCUT2D eigenvalue weighted by Crippen LogP contribution is -2.09. The second kappa shape index (κ2) is 9.99. The summed E-state index contributed by atoms with van der Waals surface area (Å²) in [5.41, 5.74) is 1.49. The first-order chi connectivity index (χ1) is 16.4. The molecule has 9 heteroatoms. The number of nitrogens with zero attached hydrogens (tertiary/aromatic N) is 1. The van der Waals surface area contributed by atoms with Gasteiger partial charge in [-0.15, -0.1) is 0 Å². The van der Waals surface area contributed by atoms with Crippen LogP contribution in [0.5, 0.6) is 17.2 Å². The van der Waals surface area contributed by atoms with Crippen molar-refractivity contribution < 1.29 is 28.5 Å². The second-order valence-corrected chi connectivity index (χ2v) is 7.84. The SMILES string of the molecule is COc1ccc(C(=O)Oc2c(Cl)cc(C=C3N=C(c4ccc(Cl)cc4)OC3=O)cc2OC)cc1. The Kier molecular flexibility index (Phi) is 6.86. The van der Waals surface area contributed by atoms with Crippen LogP contribution >= 0.6 is 23.2 Å². The van der Waals surface area contributed by atoms with E-state index in [0.717, 1.165) is 0 Å². The van der Waals surface area contributed by atoms with E-state index < -0.39 is 11.9 Å². The van der Waals surface area contributed by atoms with E-state index in [-0.39, 0.29) is 28.1 Å². The zero-order chi connectivity index (χ0) is 24.2. The molecule has 1 aliphatic heterocycles. The summed E-state index contributed by atoms with van der Waals surface area (Å²) in [6, 6.07) is 16.3. The van der Waals surface area contributed by atoms with Crippen LogP contribution in [0.25, 0.3) is 6.08 Å². The van der Waals surface area contributed by atoms with E-state index >= 15 is 0 Å². The molecule has 34 heavy (non-hydrogen) atoms. The summed E-state index contributed by atoms with van der Waals surface area (Å²) in [5.74, 6) is -0.213. The number of hydrogen-bond acceptors (Lipinski definition) is 7. The van der Waals surface area contributed by atoms with Crippen molar-refractivity contribution in [1.82, 2.24) is 0 Å². The molecule has 1 heterocycles. The van der Waals surface area contributed by atoms with Crippen molar-refractivity contribution in [2.45, 2.75) is 0 Å². The fraction of sp³-hybridized carbons (Fsp3) is 0.0800. The van der Waals surface area contributed by atoms with E-state index in [1.54, 1.807) is 54.6 Å². The summed E-state index contributed by atoms with van der Waals surface area (Å²) < 4.78 is 21.2. The molecule has 0 amide bonds. The van der Waals surface area contributed by atoms with Gasteiger partial charge in [0, 0.05) is 10.6 Å². The predicted octanol–water partition coefficient (Wildman–Crippen LogP) is 5.57. The lowest BCUT2D eigenvalue weighted by molar-refractivity contribution is -0.129. The number of benzene rings is 3. The molecule has 0 bridgehead atoms. The van der Waals surface area contributed by atoms with Crippen molar-refractivity contribution in [2.75, 3.05) is 14.2 Å². The molecule has 0 N–H and O–H groups in total. The summed E-state index contributed by atoms with van der Waals surface area (Å²) in [6.07, 6.45) is 1.49. The number of rotatable bonds is 6. The monoisotopic (exact) mass is 497 g/mol. The molecule has 3 aromatic carbocycles. The molecule has 0 aliphatic carbocycles. The van der Waals surface area contributed by atoms with Crippen LogP contribution in [0, 0.1) is 0 Å². The van der Waals surface area contributed by atoms with Gasteiger partial charge in [0.15, 0.2) is 17.2 Å². The zero-order valence-electron chi connectivity index (χ0n) is 18.0. The number of aliphatic imine (C=N–C) groups is 1. The Labute approximate surface area is 205 Å². The summed E-state index contributed by atoms with van der Waals surface area (Å²) in [7, 11) is 2.94. The number of cyclic esters (lactones) is 1. The molecule has 0 aromatic heterocycles. The maximum absolute atomic E-state index is 12.6. The van der Waals surface area contributed by atoms with Crippen LogP contribution in [0.2, 0.25) is 10.0 Å². The Hall–Kier alpha value is -3.81. The van der Waals surface area contributed by atoms with Gasteiger partial charge in [-0.05, 0) is 72.3 Å². The van der Waals surface area contributed by atoms with Crippen LogP contribution in [0.1, 0.15) is 21.5 Å². The van der Waals surface area contributed by atoms with E-state index in [1.807, 2.05) is 0 Å². The molecule has 0 unspecified atom stereocenters. The smallest absolute Gasteiger partial charge is 0.363 e. The predicted molar refractivity (Wildman–Crippen MR) is 128 cm³/mol. The third kappa shape index (κ3) is 5.06. The molecule has 1 aliphatic rings. The molecule has 0 radical (unpaired) electrons. The third-order valence-corrected chi connectivity index (χ3v) is 5.32. The number of esters is 2. The van der Waals surface area contributed by atoms with Crippen molar-refractivity contribution >= 4 is 47.1 Å². The van der Waals surface area contributed by atoms with Crippen LogP contribution in [0.3, 0.4) is 0 Å². The van der Waals surface area contributed by atoms with Crippen LogP contribution in [0.4, 0.5) is 0 Å². The van der Waals surface area contributed by atoms with Crippen molar-refractivity contribution in [3.8, 4) is 17.2 Å². The minimum Gasteiger partial charge on any atom is -0.497 e. The van der Waals surface area contributed by atoms with Gasteiger partial charge in [0.1, 0.15) is 5.75 Å². The topological polar surface area (TPSA) is 83.4 Å². The van der Waals surface area contributed by atoms with Crippen molar-refractivity contribution in [2.24, 2.45) is 4.99 Å². The average molecular weight is 498 g/mol. The zero-order valence-corrected chi connectivity index (χ0v) is 19.5. The minimum absolute atomic E-state index is 0.0477. The number of ether oxygens (including phenoxy) is 4. The summed E-state index contributed by atoms with van der Waals surface area (Å²) in [6.45, 7) is 0. The molecular formula is C25H17Cl2NO6. The number of carbonyl (C=O) groups is 2. The fourth-order valence-electron chi connectivity index (χ4n) is 3.08. The summed E-state index contributed by atoms with van der Waals surface area (Å²) >= 11 is 12.3. The first-order valence-electron chi connectivity index (χ1n) is 9.90. The van der Waals surface area contributed by atoms with Crippen molar-refractivity contribution in [3.05, 3.63) is 93.1 Å². The number of hydrogen-bond donors (Lipinski definition) is 0. The Balaban J connectivity index is 1.60. The highest BCUT2D eigenvalue weighted by molar-refractivity contribution is 6.32. The molecule has 7 nitrogen and oxygen atoms in total. The first kappa shape index (κ1) is 23.4. The van der Waals surface area contributed by atoms with E-state index in [1.165, 1.54) is 26.4 Å². The quantitative estimate of drug-likeness (QED) is 0.251. The number of methoxy groups -OCH3 is 2. The van der Waals surface area contributed by atoms with Crippen LogP contribution < -0.4 is 14.2 Å². The Bertz CT molecular complexity index is 1310. The fourth-order valence-corrected chi connectivity index (χ4v) is 3.47. The summed E-state index contributed by atoms with van der Waals surface area (Å²) in [4.78, 5) is 29.1. The highest BCUT2D eigenvalue weighted by Gasteiger charge is 2.25. The molecule has 0 spiro atoms. The van der Waals surface area contributed by atoms with Crippen molar-refractivity contribution in [1.29, 1.82) is 0 Å². The van der Waals surface area contributed by atoms with Gasteiger partial charge in [0.05, 0.1) is 24.8 Å². The second-order valence-electron chi connectivity index (χ2n) is 7.00. The van der Waals surface area contributed by atoms with Gasteiger partial charge in [-0.1, -0.05) is 23.2 Å². The lowest BCUT2D eigenvalue weighted by atomic mass is 10.1. The van der Waals surface area contributed by atoms with Gasteiger partial charge in [0.2, 0.25) is 5.90 Å². The van der Waals surface area contributed by atoms with Gasteiger partial charge in [-0.3, -0.25) is 0 Å². The molecule has 0 saturated heterocycles. The lowest BCUT2D eigenvalue weighted by Gasteiger charge is -2.12. The average Bonchev–Trinajstić information content (AvgIpc) is 3.20. The summed E-state index contributed by atoms with van der Waals surface area (Å²) in [5, 5.41) is 0.667. The Morgan fingerprint density at radius 2 is 1.68 bits per heavy atom. The van der Waals surface area contributed by atoms with Gasteiger partial charge >= 0.3 is 11.9 Å². The van der Waals surface area contributed by atoms with Crippen molar-refractivity contribution in [3.63, 3.8) is 0 Å². The molecule has 172 valence electrons. The van der Waals surface area contributed by atoms with Gasteiger partial charge in [0.25, 0.3) is 0 Å². The molecule has 0 atom stereocenters. The minimum atomic E-state index is -0.620. The van der Waals surface area contributed by atoms with Crippen LogP contribution in [-0.4, -0.2) is 32.1 Å². The van der Waals surface area contributed by atoms with Gasteiger partial charge in [-0.2, -0.15) is 0 Å². The van der Waals surface area contributed by atoms with Gasteiger partial charge < -0.3 is 18.9 Å². The van der Waals surface area contributed by atoms with Gasteiger partial charge in [-0.25, -0.2) is 14.6 Å². The van der Waals surface area contributed by atoms with E-state index in [0.29, 0.717) is 27.5 Å². The number of halogens is 2. The largest absolute Gasteiger partial charge is 0.497 e. The normalized spacial score (nSPS) is 13.9. The van der Waals surface area contributed by atoms with E-state index in [2.05, 4.69) is 4.99 Å². The van der Waals surface area contributed by atoms with Crippen LogP contribution in [0.15, 0.2) is 71.4 Å². The van der Waals surface area contributed by atoms with Crippen LogP contribution in [-0.2, 0) is 9.53 Å². The molecule has 0 saturated carbocycles. The third-order valence-electron chi connectivity index (χ3n) is 4.79. The first-order valence-corrected chi connectivity index (χ1v) is 10.7. The Morgan fingerprint density at radius 1 is 0.971 bits per heavy atom. The van der Waals surface area contributed by atoms with E-state index in [4.69, 9.17) is 42.1 Å². The molecular weight excluding hydrogens is 481 g/mol. The molecule has 3 aromatic rings. The van der Waals surface area contributed by atoms with E-state index in [9.17, 15) is 9.59 Å². The maximum atomic E-state index is 12.6. The standard InChI is InChI=1S/C25H17Cl2NO6/c1-31-18-9-5-16(6-10-18)24(29)33-22-19(27)11-14(13-21(22)32-2)12-20-25(30)34-23(28-20)15-3-7-17(26)8-4-15/h3-13H,1-2H3. The highest BCUT2D eigenvalue weighted by atomic mass is 35.5. The Morgan fingerprint density at radius 3 is 2.32 bits per heavy atom. The maximum Gasteiger partial charge on any atom is 0.363 e.